The third-order valence-corrected chi connectivity index (χ3v) is 5.57. The summed E-state index contributed by atoms with van der Waals surface area (Å²) >= 11 is 1.42. The lowest BCUT2D eigenvalue weighted by Crippen LogP contribution is -2.33. The highest BCUT2D eigenvalue weighted by atomic mass is 32.2. The third kappa shape index (κ3) is 5.60. The van der Waals surface area contributed by atoms with Crippen LogP contribution in [-0.4, -0.2) is 46.6 Å². The van der Waals surface area contributed by atoms with Crippen molar-refractivity contribution in [1.82, 2.24) is 20.1 Å². The lowest BCUT2D eigenvalue weighted by molar-refractivity contribution is -0.118. The average Bonchev–Trinajstić information content (AvgIpc) is 3.15. The monoisotopic (exact) mass is 409 g/mol. The molecule has 2 aromatic carbocycles. The molecular formula is C22H27N5OS. The lowest BCUT2D eigenvalue weighted by atomic mass is 10.1. The van der Waals surface area contributed by atoms with Crippen LogP contribution in [-0.2, 0) is 11.3 Å². The van der Waals surface area contributed by atoms with Gasteiger partial charge < -0.3 is 14.8 Å². The van der Waals surface area contributed by atoms with E-state index in [0.29, 0.717) is 12.3 Å². The first-order valence-electron chi connectivity index (χ1n) is 9.74. The van der Waals surface area contributed by atoms with Crippen LogP contribution in [0.1, 0.15) is 12.5 Å². The maximum Gasteiger partial charge on any atom is 0.230 e. The van der Waals surface area contributed by atoms with E-state index in [4.69, 9.17) is 0 Å². The molecule has 0 saturated heterocycles. The van der Waals surface area contributed by atoms with Gasteiger partial charge in [0.05, 0.1) is 5.75 Å². The summed E-state index contributed by atoms with van der Waals surface area (Å²) in [7, 11) is 2.02. The molecule has 1 aromatic heterocycles. The van der Waals surface area contributed by atoms with E-state index in [9.17, 15) is 4.79 Å². The van der Waals surface area contributed by atoms with E-state index < -0.39 is 0 Å². The van der Waals surface area contributed by atoms with Crippen LogP contribution in [0, 0.1) is 6.92 Å². The highest BCUT2D eigenvalue weighted by molar-refractivity contribution is 7.99. The van der Waals surface area contributed by atoms with E-state index >= 15 is 0 Å². The van der Waals surface area contributed by atoms with Gasteiger partial charge in [-0.2, -0.15) is 0 Å². The third-order valence-electron chi connectivity index (χ3n) is 4.61. The molecule has 0 aliphatic heterocycles. The fourth-order valence-electron chi connectivity index (χ4n) is 3.03. The fourth-order valence-corrected chi connectivity index (χ4v) is 3.87. The first-order valence-corrected chi connectivity index (χ1v) is 10.7. The summed E-state index contributed by atoms with van der Waals surface area (Å²) in [5.41, 5.74) is 3.36. The summed E-state index contributed by atoms with van der Waals surface area (Å²) in [5.74, 6) is 1.16. The maximum atomic E-state index is 12.2. The molecule has 0 spiro atoms. The number of aryl methyl sites for hydroxylation is 1. The molecule has 0 radical (unpaired) electrons. The molecule has 6 nitrogen and oxygen atoms in total. The molecule has 29 heavy (non-hydrogen) atoms. The van der Waals surface area contributed by atoms with Crippen LogP contribution >= 0.6 is 11.8 Å². The Kier molecular flexibility index (Phi) is 7.30. The number of hydrogen-bond donors (Lipinski definition) is 1. The standard InChI is InChI=1S/C22H27N5OS/c1-4-27-21(18-10-8-9-17(2)15-18)24-25-22(27)29-16-20(28)23-13-14-26(3)19-11-6-5-7-12-19/h5-12,15H,4,13-14,16H2,1-3H3,(H,23,28). The fraction of sp³-hybridized carbons (Fsp3) is 0.318. The van der Waals surface area contributed by atoms with Crippen molar-refractivity contribution >= 4 is 23.4 Å². The summed E-state index contributed by atoms with van der Waals surface area (Å²) in [5, 5.41) is 12.4. The summed E-state index contributed by atoms with van der Waals surface area (Å²) in [4.78, 5) is 14.4. The zero-order valence-corrected chi connectivity index (χ0v) is 17.9. The molecule has 0 bridgehead atoms. The Morgan fingerprint density at radius 1 is 1.14 bits per heavy atom. The highest BCUT2D eigenvalue weighted by Crippen LogP contribution is 2.24. The quantitative estimate of drug-likeness (QED) is 0.547. The minimum absolute atomic E-state index is 0.000722. The molecule has 1 N–H and O–H groups in total. The second-order valence-corrected chi connectivity index (χ2v) is 7.76. The average molecular weight is 410 g/mol. The smallest absolute Gasteiger partial charge is 0.230 e. The van der Waals surface area contributed by atoms with Crippen molar-refractivity contribution in [3.63, 3.8) is 0 Å². The van der Waals surface area contributed by atoms with Crippen LogP contribution in [0.3, 0.4) is 0 Å². The Bertz CT molecular complexity index is 941. The van der Waals surface area contributed by atoms with Gasteiger partial charge in [-0.1, -0.05) is 53.7 Å². The van der Waals surface area contributed by atoms with Gasteiger partial charge in [0.1, 0.15) is 0 Å². The van der Waals surface area contributed by atoms with Crippen LogP contribution in [0.4, 0.5) is 5.69 Å². The zero-order valence-electron chi connectivity index (χ0n) is 17.1. The van der Waals surface area contributed by atoms with E-state index in [2.05, 4.69) is 63.1 Å². The minimum atomic E-state index is -0.000722. The van der Waals surface area contributed by atoms with Crippen LogP contribution in [0.5, 0.6) is 0 Å². The van der Waals surface area contributed by atoms with E-state index in [1.165, 1.54) is 17.3 Å². The molecule has 152 valence electrons. The zero-order chi connectivity index (χ0) is 20.6. The van der Waals surface area contributed by atoms with Gasteiger partial charge in [-0.3, -0.25) is 4.79 Å². The number of carbonyl (C=O) groups is 1. The summed E-state index contributed by atoms with van der Waals surface area (Å²) in [6, 6.07) is 18.3. The van der Waals surface area contributed by atoms with E-state index in [1.807, 2.05) is 37.4 Å². The van der Waals surface area contributed by atoms with Gasteiger partial charge in [-0.25, -0.2) is 0 Å². The Morgan fingerprint density at radius 2 is 1.93 bits per heavy atom. The molecule has 0 atom stereocenters. The second-order valence-electron chi connectivity index (χ2n) is 6.82. The van der Waals surface area contributed by atoms with Crippen molar-refractivity contribution < 1.29 is 4.79 Å². The normalized spacial score (nSPS) is 10.7. The van der Waals surface area contributed by atoms with Crippen LogP contribution in [0.25, 0.3) is 11.4 Å². The van der Waals surface area contributed by atoms with Gasteiger partial charge in [-0.15, -0.1) is 10.2 Å². The predicted molar refractivity (Wildman–Crippen MR) is 119 cm³/mol. The maximum absolute atomic E-state index is 12.2. The van der Waals surface area contributed by atoms with Gasteiger partial charge in [0.2, 0.25) is 5.91 Å². The number of nitrogens with zero attached hydrogens (tertiary/aromatic N) is 4. The Balaban J connectivity index is 1.51. The molecule has 0 unspecified atom stereocenters. The first kappa shape index (κ1) is 20.9. The number of likely N-dealkylation sites (N-methyl/N-ethyl adjacent to an activating group) is 1. The van der Waals surface area contributed by atoms with Crippen molar-refractivity contribution in [2.75, 3.05) is 30.8 Å². The van der Waals surface area contributed by atoms with Gasteiger partial charge >= 0.3 is 0 Å². The van der Waals surface area contributed by atoms with Gasteiger partial charge in [-0.05, 0) is 32.0 Å². The predicted octanol–water partition coefficient (Wildman–Crippen LogP) is 3.62. The van der Waals surface area contributed by atoms with E-state index in [1.54, 1.807) is 0 Å². The number of amides is 1. The number of hydrogen-bond acceptors (Lipinski definition) is 5. The molecule has 7 heteroatoms. The molecular weight excluding hydrogens is 382 g/mol. The Labute approximate surface area is 176 Å². The van der Waals surface area contributed by atoms with Crippen molar-refractivity contribution in [2.45, 2.75) is 25.5 Å². The molecule has 0 saturated carbocycles. The second kappa shape index (κ2) is 10.1. The SMILES string of the molecule is CCn1c(SCC(=O)NCCN(C)c2ccccc2)nnc1-c1cccc(C)c1. The number of anilines is 1. The molecule has 0 fully saturated rings. The van der Waals surface area contributed by atoms with Crippen molar-refractivity contribution in [1.29, 1.82) is 0 Å². The number of aromatic nitrogens is 3. The van der Waals surface area contributed by atoms with Gasteiger partial charge in [0, 0.05) is 37.9 Å². The molecule has 3 rings (SSSR count). The molecule has 0 aliphatic rings. The van der Waals surface area contributed by atoms with E-state index in [-0.39, 0.29) is 5.91 Å². The van der Waals surface area contributed by atoms with Gasteiger partial charge in [0.15, 0.2) is 11.0 Å². The van der Waals surface area contributed by atoms with Crippen LogP contribution in [0.2, 0.25) is 0 Å². The number of thioether (sulfide) groups is 1. The Morgan fingerprint density at radius 3 is 2.66 bits per heavy atom. The molecule has 3 aromatic rings. The summed E-state index contributed by atoms with van der Waals surface area (Å²) < 4.78 is 2.05. The molecule has 0 aliphatic carbocycles. The number of nitrogens with one attached hydrogen (secondary N) is 1. The highest BCUT2D eigenvalue weighted by Gasteiger charge is 2.14. The number of rotatable bonds is 9. The van der Waals surface area contributed by atoms with Crippen molar-refractivity contribution in [2.24, 2.45) is 0 Å². The minimum Gasteiger partial charge on any atom is -0.373 e. The summed E-state index contributed by atoms with van der Waals surface area (Å²) in [6.45, 7) is 6.22. The Hall–Kier alpha value is -2.80. The van der Waals surface area contributed by atoms with Crippen molar-refractivity contribution in [3.8, 4) is 11.4 Å². The van der Waals surface area contributed by atoms with Crippen LogP contribution in [0.15, 0.2) is 59.8 Å². The topological polar surface area (TPSA) is 63.1 Å². The number of benzene rings is 2. The molecule has 1 heterocycles. The van der Waals surface area contributed by atoms with Gasteiger partial charge in [0.25, 0.3) is 0 Å². The molecule has 1 amide bonds. The lowest BCUT2D eigenvalue weighted by Gasteiger charge is -2.19. The van der Waals surface area contributed by atoms with Crippen molar-refractivity contribution in [3.05, 3.63) is 60.2 Å². The van der Waals surface area contributed by atoms with Crippen LogP contribution < -0.4 is 10.2 Å². The van der Waals surface area contributed by atoms with E-state index in [0.717, 1.165) is 35.3 Å². The number of carbonyl (C=O) groups excluding carboxylic acids is 1. The first-order chi connectivity index (χ1) is 14.1. The largest absolute Gasteiger partial charge is 0.373 e. The summed E-state index contributed by atoms with van der Waals surface area (Å²) in [6.07, 6.45) is 0. The number of para-hydroxylation sites is 1.